The minimum Gasteiger partial charge on any atom is -0.398 e. The molecule has 2 N–H and O–H groups in total. The summed E-state index contributed by atoms with van der Waals surface area (Å²) in [5.41, 5.74) is 7.51. The van der Waals surface area contributed by atoms with Crippen LogP contribution in [0.1, 0.15) is 17.7 Å². The van der Waals surface area contributed by atoms with Gasteiger partial charge in [0.05, 0.1) is 0 Å². The van der Waals surface area contributed by atoms with Gasteiger partial charge in [-0.15, -0.1) is 11.8 Å². The van der Waals surface area contributed by atoms with Crippen LogP contribution >= 0.6 is 11.8 Å². The number of anilines is 1. The molecule has 0 saturated carbocycles. The molecule has 104 valence electrons. The summed E-state index contributed by atoms with van der Waals surface area (Å²) >= 11 is 1.44. The lowest BCUT2D eigenvalue weighted by Gasteiger charge is -2.19. The van der Waals surface area contributed by atoms with Crippen LogP contribution in [0.4, 0.5) is 5.69 Å². The lowest BCUT2D eigenvalue weighted by atomic mass is 10.1. The van der Waals surface area contributed by atoms with Crippen LogP contribution in [0.5, 0.6) is 0 Å². The Morgan fingerprint density at radius 3 is 2.30 bits per heavy atom. The van der Waals surface area contributed by atoms with Gasteiger partial charge in [-0.25, -0.2) is 0 Å². The van der Waals surface area contributed by atoms with E-state index in [0.717, 1.165) is 10.5 Å². The van der Waals surface area contributed by atoms with Crippen LogP contribution in [0.15, 0.2) is 59.5 Å². The van der Waals surface area contributed by atoms with Gasteiger partial charge in [0.25, 0.3) is 0 Å². The van der Waals surface area contributed by atoms with Gasteiger partial charge >= 0.3 is 0 Å². The van der Waals surface area contributed by atoms with Gasteiger partial charge in [-0.3, -0.25) is 10.1 Å². The molecule has 0 fully saturated rings. The largest absolute Gasteiger partial charge is 0.398 e. The number of hydrogen-bond acceptors (Lipinski definition) is 4. The fraction of sp³-hybridized carbons (Fsp3) is 0.200. The molecule has 2 aromatic rings. The summed E-state index contributed by atoms with van der Waals surface area (Å²) in [5.74, 6) is 0. The number of thioether (sulfide) groups is 1. The summed E-state index contributed by atoms with van der Waals surface area (Å²) in [7, 11) is 0. The molecule has 0 amide bonds. The first-order valence-electron chi connectivity index (χ1n) is 6.29. The fourth-order valence-electron chi connectivity index (χ4n) is 1.92. The van der Waals surface area contributed by atoms with E-state index in [2.05, 4.69) is 0 Å². The van der Waals surface area contributed by atoms with Gasteiger partial charge in [0.15, 0.2) is 0 Å². The van der Waals surface area contributed by atoms with Crippen LogP contribution in [0, 0.1) is 10.1 Å². The van der Waals surface area contributed by atoms with E-state index < -0.39 is 6.04 Å². The highest BCUT2D eigenvalue weighted by molar-refractivity contribution is 7.99. The number of nitrogens with two attached hydrogens (primary N) is 1. The van der Waals surface area contributed by atoms with Crippen LogP contribution in [0.25, 0.3) is 0 Å². The van der Waals surface area contributed by atoms with Crippen molar-refractivity contribution in [1.82, 2.24) is 0 Å². The molecule has 0 spiro atoms. The van der Waals surface area contributed by atoms with Gasteiger partial charge < -0.3 is 5.73 Å². The summed E-state index contributed by atoms with van der Waals surface area (Å²) in [6.07, 6.45) is 0. The molecule has 5 heteroatoms. The molecule has 0 unspecified atom stereocenters. The maximum absolute atomic E-state index is 11.2. The van der Waals surface area contributed by atoms with Crippen molar-refractivity contribution >= 4 is 17.4 Å². The number of nitro groups is 1. The van der Waals surface area contributed by atoms with Crippen molar-refractivity contribution in [3.63, 3.8) is 0 Å². The Kier molecular flexibility index (Phi) is 4.63. The molecule has 4 nitrogen and oxygen atoms in total. The summed E-state index contributed by atoms with van der Waals surface area (Å²) in [6, 6.07) is 16.3. The third-order valence-corrected chi connectivity index (χ3v) is 4.62. The minimum absolute atomic E-state index is 0.246. The molecule has 0 aliphatic heterocycles. The van der Waals surface area contributed by atoms with Crippen molar-refractivity contribution in [2.45, 2.75) is 23.1 Å². The number of benzene rings is 2. The summed E-state index contributed by atoms with van der Waals surface area (Å²) < 4.78 is 0. The van der Waals surface area contributed by atoms with Gasteiger partial charge in [0, 0.05) is 22.4 Å². The maximum atomic E-state index is 11.2. The number of nitrogen functional groups attached to an aromatic ring is 1. The van der Waals surface area contributed by atoms with Gasteiger partial charge in [-0.2, -0.15) is 0 Å². The predicted octanol–water partition coefficient (Wildman–Crippen LogP) is 3.77. The number of rotatable bonds is 5. The van der Waals surface area contributed by atoms with E-state index in [4.69, 9.17) is 5.73 Å². The zero-order valence-electron chi connectivity index (χ0n) is 11.1. The van der Waals surface area contributed by atoms with Crippen molar-refractivity contribution in [2.75, 3.05) is 5.73 Å². The number of hydrogen-bond donors (Lipinski definition) is 1. The smallest absolute Gasteiger partial charge is 0.226 e. The van der Waals surface area contributed by atoms with Crippen molar-refractivity contribution in [3.05, 3.63) is 70.3 Å². The predicted molar refractivity (Wildman–Crippen MR) is 82.4 cm³/mol. The Morgan fingerprint density at radius 1 is 1.10 bits per heavy atom. The molecule has 0 aliphatic rings. The van der Waals surface area contributed by atoms with E-state index in [9.17, 15) is 10.1 Å². The molecule has 2 aromatic carbocycles. The maximum Gasteiger partial charge on any atom is 0.226 e. The third-order valence-electron chi connectivity index (χ3n) is 3.07. The Labute approximate surface area is 122 Å². The molecular formula is C15H16N2O2S. The number of nitrogens with zero attached hydrogens (tertiary/aromatic N) is 1. The van der Waals surface area contributed by atoms with E-state index in [1.165, 1.54) is 11.8 Å². The monoisotopic (exact) mass is 288 g/mol. The first kappa shape index (κ1) is 14.4. The van der Waals surface area contributed by atoms with Crippen molar-refractivity contribution in [3.8, 4) is 0 Å². The summed E-state index contributed by atoms with van der Waals surface area (Å²) in [4.78, 5) is 11.8. The van der Waals surface area contributed by atoms with Crippen molar-refractivity contribution < 1.29 is 4.92 Å². The van der Waals surface area contributed by atoms with E-state index >= 15 is 0 Å². The first-order valence-corrected chi connectivity index (χ1v) is 7.17. The van der Waals surface area contributed by atoms with Crippen LogP contribution in [0.2, 0.25) is 0 Å². The molecule has 0 aliphatic carbocycles. The van der Waals surface area contributed by atoms with Crippen molar-refractivity contribution in [2.24, 2.45) is 0 Å². The molecule has 0 heterocycles. The average molecular weight is 288 g/mol. The second kappa shape index (κ2) is 6.43. The highest BCUT2D eigenvalue weighted by Crippen LogP contribution is 2.40. The first-order chi connectivity index (χ1) is 9.59. The van der Waals surface area contributed by atoms with E-state index in [1.807, 2.05) is 48.5 Å². The van der Waals surface area contributed by atoms with Gasteiger partial charge in [0.1, 0.15) is 5.25 Å². The molecule has 0 aromatic heterocycles. The minimum atomic E-state index is -0.693. The normalized spacial score (nSPS) is 13.7. The zero-order valence-corrected chi connectivity index (χ0v) is 11.9. The van der Waals surface area contributed by atoms with Crippen LogP contribution in [-0.4, -0.2) is 11.0 Å². The Balaban J connectivity index is 2.33. The highest BCUT2D eigenvalue weighted by Gasteiger charge is 2.29. The SMILES string of the molecule is C[C@@H]([C@@H](Sc1ccccc1N)c1ccccc1)[N+](=O)[O-]. The molecule has 20 heavy (non-hydrogen) atoms. The standard InChI is InChI=1S/C15H16N2O2S/c1-11(17(18)19)15(12-7-3-2-4-8-12)20-14-10-6-5-9-13(14)16/h2-11,15H,16H2,1H3/t11-,15+/m0/s1. The Bertz CT molecular complexity index is 589. The molecule has 2 atom stereocenters. The molecule has 2 rings (SSSR count). The molecule has 0 radical (unpaired) electrons. The van der Waals surface area contributed by atoms with E-state index in [0.29, 0.717) is 5.69 Å². The quantitative estimate of drug-likeness (QED) is 0.393. The Hall–Kier alpha value is -2.01. The Morgan fingerprint density at radius 2 is 1.70 bits per heavy atom. The van der Waals surface area contributed by atoms with Gasteiger partial charge in [-0.05, 0) is 17.7 Å². The fourth-order valence-corrected chi connectivity index (χ4v) is 3.15. The van der Waals surface area contributed by atoms with Crippen LogP contribution in [0.3, 0.4) is 0 Å². The van der Waals surface area contributed by atoms with E-state index in [1.54, 1.807) is 13.0 Å². The molecular weight excluding hydrogens is 272 g/mol. The van der Waals surface area contributed by atoms with Crippen LogP contribution < -0.4 is 5.73 Å². The number of para-hydroxylation sites is 1. The van der Waals surface area contributed by atoms with Gasteiger partial charge in [-0.1, -0.05) is 42.5 Å². The summed E-state index contributed by atoms with van der Waals surface area (Å²) in [6.45, 7) is 1.63. The second-order valence-electron chi connectivity index (χ2n) is 4.51. The second-order valence-corrected chi connectivity index (χ2v) is 5.70. The third kappa shape index (κ3) is 3.30. The van der Waals surface area contributed by atoms with Crippen molar-refractivity contribution in [1.29, 1.82) is 0 Å². The summed E-state index contributed by atoms with van der Waals surface area (Å²) in [5, 5.41) is 10.9. The molecule has 0 bridgehead atoms. The lowest BCUT2D eigenvalue weighted by Crippen LogP contribution is -2.22. The zero-order chi connectivity index (χ0) is 14.5. The topological polar surface area (TPSA) is 69.2 Å². The average Bonchev–Trinajstić information content (AvgIpc) is 2.46. The van der Waals surface area contributed by atoms with E-state index in [-0.39, 0.29) is 10.2 Å². The molecule has 0 saturated heterocycles. The van der Waals surface area contributed by atoms with Gasteiger partial charge in [0.2, 0.25) is 6.04 Å². The highest BCUT2D eigenvalue weighted by atomic mass is 32.2. The lowest BCUT2D eigenvalue weighted by molar-refractivity contribution is -0.518. The van der Waals surface area contributed by atoms with Crippen LogP contribution in [-0.2, 0) is 0 Å².